The second-order valence-corrected chi connectivity index (χ2v) is 9.52. The highest BCUT2D eigenvalue weighted by molar-refractivity contribution is 5.78. The Kier molecular flexibility index (Phi) is 7.19. The monoisotopic (exact) mass is 528 g/mol. The quantitative estimate of drug-likeness (QED) is 0.344. The number of rotatable bonds is 7. The van der Waals surface area contributed by atoms with Crippen LogP contribution < -0.4 is 34.2 Å². The summed E-state index contributed by atoms with van der Waals surface area (Å²) in [7, 11) is 1.56. The normalized spacial score (nSPS) is 17.5. The van der Waals surface area contributed by atoms with Crippen LogP contribution in [-0.4, -0.2) is 32.4 Å². The Bertz CT molecular complexity index is 1470. The summed E-state index contributed by atoms with van der Waals surface area (Å²) >= 11 is 0. The smallest absolute Gasteiger partial charge is 0.356 e. The molecule has 0 saturated carbocycles. The number of hydrogen-bond acceptors (Lipinski definition) is 9. The molecule has 2 unspecified atom stereocenters. The lowest BCUT2D eigenvalue weighted by molar-refractivity contribution is -0.144. The molecular weight excluding hydrogens is 500 g/mol. The number of carbonyl (C=O) groups excluding carboxylic acids is 1. The average Bonchev–Trinajstić information content (AvgIpc) is 2.94. The molecule has 200 valence electrons. The van der Waals surface area contributed by atoms with Gasteiger partial charge in [0.05, 0.1) is 19.6 Å². The van der Waals surface area contributed by atoms with E-state index in [-0.39, 0.29) is 23.8 Å². The number of allylic oxidation sites excluding steroid dienone is 1. The molecule has 39 heavy (non-hydrogen) atoms. The predicted octanol–water partition coefficient (Wildman–Crippen LogP) is 4.69. The fraction of sp³-hybridized carbons (Fsp3) is 0.267. The minimum absolute atomic E-state index is 0.0271. The van der Waals surface area contributed by atoms with E-state index in [4.69, 9.17) is 34.2 Å². The predicted molar refractivity (Wildman–Crippen MR) is 141 cm³/mol. The maximum absolute atomic E-state index is 12.8. The molecule has 0 aromatic heterocycles. The van der Waals surface area contributed by atoms with Gasteiger partial charge >= 0.3 is 5.97 Å². The van der Waals surface area contributed by atoms with Crippen molar-refractivity contribution in [3.63, 3.8) is 0 Å². The van der Waals surface area contributed by atoms with Gasteiger partial charge in [-0.15, -0.1) is 0 Å². The second-order valence-electron chi connectivity index (χ2n) is 9.52. The number of esters is 1. The second kappa shape index (κ2) is 10.9. The van der Waals surface area contributed by atoms with Crippen molar-refractivity contribution in [1.82, 2.24) is 0 Å². The van der Waals surface area contributed by atoms with Crippen molar-refractivity contribution < 1.29 is 33.2 Å². The first-order valence-corrected chi connectivity index (χ1v) is 12.5. The summed E-state index contributed by atoms with van der Waals surface area (Å²) in [5, 5.41) is 9.91. The molecule has 3 aromatic rings. The Morgan fingerprint density at radius 2 is 1.87 bits per heavy atom. The van der Waals surface area contributed by atoms with Crippen LogP contribution in [0.4, 0.5) is 0 Å². The van der Waals surface area contributed by atoms with Crippen LogP contribution in [0.2, 0.25) is 0 Å². The molecule has 9 heteroatoms. The average molecular weight is 529 g/mol. The summed E-state index contributed by atoms with van der Waals surface area (Å²) in [5.74, 6) is 1.98. The first-order chi connectivity index (χ1) is 18.9. The molecule has 2 aliphatic heterocycles. The fourth-order valence-corrected chi connectivity index (χ4v) is 4.40. The van der Waals surface area contributed by atoms with Crippen molar-refractivity contribution in [1.29, 1.82) is 5.26 Å². The van der Waals surface area contributed by atoms with Crippen molar-refractivity contribution >= 4 is 5.97 Å². The van der Waals surface area contributed by atoms with E-state index >= 15 is 0 Å². The molecule has 0 saturated heterocycles. The van der Waals surface area contributed by atoms with Crippen molar-refractivity contribution in [2.45, 2.75) is 25.9 Å². The van der Waals surface area contributed by atoms with Crippen LogP contribution in [0.5, 0.6) is 34.5 Å². The van der Waals surface area contributed by atoms with Crippen molar-refractivity contribution in [3.05, 3.63) is 83.2 Å². The number of nitrogens with two attached hydrogens (primary N) is 1. The molecule has 0 aliphatic carbocycles. The van der Waals surface area contributed by atoms with Crippen molar-refractivity contribution in [2.75, 3.05) is 20.3 Å². The van der Waals surface area contributed by atoms with Gasteiger partial charge in [-0.2, -0.15) is 5.26 Å². The maximum atomic E-state index is 12.8. The molecule has 0 amide bonds. The lowest BCUT2D eigenvalue weighted by Crippen LogP contribution is -2.39. The van der Waals surface area contributed by atoms with E-state index < -0.39 is 18.0 Å². The largest absolute Gasteiger partial charge is 0.493 e. The highest BCUT2D eigenvalue weighted by Crippen LogP contribution is 2.45. The molecular formula is C30H28N2O7. The Morgan fingerprint density at radius 3 is 2.62 bits per heavy atom. The SMILES string of the molecule is COc1cc(C2C(C#N)=C(N)Oc3cc(OC(=O)C4COc5ccccc5O4)ccc32)ccc1OCC(C)C. The topological polar surface area (TPSA) is 122 Å². The number of benzene rings is 3. The minimum Gasteiger partial charge on any atom is -0.493 e. The van der Waals surface area contributed by atoms with Crippen LogP contribution in [0.3, 0.4) is 0 Å². The van der Waals surface area contributed by atoms with E-state index in [0.717, 1.165) is 5.56 Å². The van der Waals surface area contributed by atoms with Gasteiger partial charge in [0.15, 0.2) is 23.0 Å². The highest BCUT2D eigenvalue weighted by atomic mass is 16.6. The van der Waals surface area contributed by atoms with Crippen molar-refractivity contribution in [2.24, 2.45) is 11.7 Å². The Morgan fingerprint density at radius 1 is 1.08 bits per heavy atom. The number of methoxy groups -OCH3 is 1. The number of hydrogen-bond donors (Lipinski definition) is 1. The lowest BCUT2D eigenvalue weighted by atomic mass is 9.83. The molecule has 9 nitrogen and oxygen atoms in total. The van der Waals surface area contributed by atoms with Crippen LogP contribution in [-0.2, 0) is 4.79 Å². The number of ether oxygens (including phenoxy) is 6. The number of nitrogens with zero attached hydrogens (tertiary/aromatic N) is 1. The third-order valence-corrected chi connectivity index (χ3v) is 6.27. The zero-order valence-corrected chi connectivity index (χ0v) is 21.8. The zero-order chi connectivity index (χ0) is 27.5. The molecule has 0 spiro atoms. The van der Waals surface area contributed by atoms with Crippen LogP contribution in [0.25, 0.3) is 0 Å². The van der Waals surface area contributed by atoms with Gasteiger partial charge in [0.2, 0.25) is 12.0 Å². The zero-order valence-electron chi connectivity index (χ0n) is 21.8. The van der Waals surface area contributed by atoms with E-state index in [1.165, 1.54) is 0 Å². The van der Waals surface area contributed by atoms with Crippen LogP contribution in [0.1, 0.15) is 30.9 Å². The molecule has 2 atom stereocenters. The Hall–Kier alpha value is -4.84. The number of para-hydroxylation sites is 2. The van der Waals surface area contributed by atoms with Gasteiger partial charge in [-0.1, -0.05) is 38.1 Å². The Balaban J connectivity index is 1.40. The number of nitriles is 1. The number of fused-ring (bicyclic) bond motifs is 2. The van der Waals surface area contributed by atoms with Crippen LogP contribution in [0.15, 0.2) is 72.1 Å². The van der Waals surface area contributed by atoms with Gasteiger partial charge in [-0.25, -0.2) is 4.79 Å². The standard InChI is InChI=1S/C30H28N2O7/c1-17(2)15-35-23-11-8-18(12-26(23)34-3)28-20-10-9-19(13-25(20)39-29(32)21(28)14-31)37-30(33)27-16-36-22-6-4-5-7-24(22)38-27/h4-13,17,27-28H,15-16,32H2,1-3H3. The van der Waals surface area contributed by atoms with E-state index in [9.17, 15) is 10.1 Å². The molecule has 2 N–H and O–H groups in total. The molecule has 3 aromatic carbocycles. The van der Waals surface area contributed by atoms with Gasteiger partial charge in [0, 0.05) is 11.6 Å². The van der Waals surface area contributed by atoms with Gasteiger partial charge < -0.3 is 34.2 Å². The van der Waals surface area contributed by atoms with E-state index in [0.29, 0.717) is 46.8 Å². The van der Waals surface area contributed by atoms with Gasteiger partial charge in [-0.3, -0.25) is 0 Å². The molecule has 0 radical (unpaired) electrons. The lowest BCUT2D eigenvalue weighted by Gasteiger charge is -2.27. The molecule has 2 aliphatic rings. The van der Waals surface area contributed by atoms with E-state index in [1.807, 2.05) is 24.3 Å². The Labute approximate surface area is 226 Å². The third-order valence-electron chi connectivity index (χ3n) is 6.27. The van der Waals surface area contributed by atoms with Gasteiger partial charge in [-0.05, 0) is 41.8 Å². The molecule has 0 bridgehead atoms. The molecule has 5 rings (SSSR count). The minimum atomic E-state index is -0.927. The maximum Gasteiger partial charge on any atom is 0.356 e. The highest BCUT2D eigenvalue weighted by Gasteiger charge is 2.33. The molecule has 2 heterocycles. The van der Waals surface area contributed by atoms with Crippen LogP contribution in [0, 0.1) is 17.2 Å². The van der Waals surface area contributed by atoms with Gasteiger partial charge in [0.1, 0.15) is 29.7 Å². The van der Waals surface area contributed by atoms with E-state index in [1.54, 1.807) is 43.5 Å². The summed E-state index contributed by atoms with van der Waals surface area (Å²) in [6.45, 7) is 4.69. The summed E-state index contributed by atoms with van der Waals surface area (Å²) in [4.78, 5) is 12.8. The summed E-state index contributed by atoms with van der Waals surface area (Å²) in [6.07, 6.45) is -0.927. The summed E-state index contributed by atoms with van der Waals surface area (Å²) in [6, 6.07) is 19.7. The van der Waals surface area contributed by atoms with Crippen molar-refractivity contribution in [3.8, 4) is 40.6 Å². The fourth-order valence-electron chi connectivity index (χ4n) is 4.40. The van der Waals surface area contributed by atoms with Crippen LogP contribution >= 0.6 is 0 Å². The first-order valence-electron chi connectivity index (χ1n) is 12.5. The molecule has 0 fully saturated rings. The van der Waals surface area contributed by atoms with Gasteiger partial charge in [0.25, 0.3) is 0 Å². The summed E-state index contributed by atoms with van der Waals surface area (Å²) < 4.78 is 34.2. The van der Waals surface area contributed by atoms with E-state index in [2.05, 4.69) is 19.9 Å². The number of carbonyl (C=O) groups is 1. The first kappa shape index (κ1) is 25.8. The third kappa shape index (κ3) is 5.27. The summed E-state index contributed by atoms with van der Waals surface area (Å²) in [5.41, 5.74) is 7.87.